The van der Waals surface area contributed by atoms with Crippen LogP contribution in [0.25, 0.3) is 11.8 Å². The number of hydrogen-bond acceptors (Lipinski definition) is 3. The topological polar surface area (TPSA) is 46.4 Å². The largest absolute Gasteiger partial charge is 0.318 e. The van der Waals surface area contributed by atoms with Crippen molar-refractivity contribution in [3.05, 3.63) is 86.0 Å². The Labute approximate surface area is 192 Å². The SMILES string of the molecule is Cc1ccc(Cl)cc1N=C1NC(=O)/C(=C/c2cc(C)n(-c3cccc(C)c3C)c2C)S1. The van der Waals surface area contributed by atoms with Crippen molar-refractivity contribution in [3.8, 4) is 5.69 Å². The second-order valence-electron chi connectivity index (χ2n) is 7.79. The van der Waals surface area contributed by atoms with Crippen LogP contribution >= 0.6 is 23.4 Å². The van der Waals surface area contributed by atoms with Crippen LogP contribution in [-0.4, -0.2) is 15.6 Å². The van der Waals surface area contributed by atoms with Gasteiger partial charge in [0.2, 0.25) is 0 Å². The lowest BCUT2D eigenvalue weighted by atomic mass is 10.1. The van der Waals surface area contributed by atoms with Crippen molar-refractivity contribution < 1.29 is 4.79 Å². The summed E-state index contributed by atoms with van der Waals surface area (Å²) in [4.78, 5) is 17.8. The number of carbonyl (C=O) groups is 1. The van der Waals surface area contributed by atoms with Crippen LogP contribution in [0.15, 0.2) is 52.4 Å². The minimum atomic E-state index is -0.139. The lowest BCUT2D eigenvalue weighted by molar-refractivity contribution is -0.115. The van der Waals surface area contributed by atoms with Crippen LogP contribution in [0.1, 0.15) is 33.6 Å². The van der Waals surface area contributed by atoms with Gasteiger partial charge in [0, 0.05) is 22.1 Å². The second-order valence-corrected chi connectivity index (χ2v) is 9.26. The minimum absolute atomic E-state index is 0.139. The maximum absolute atomic E-state index is 12.6. The molecule has 0 saturated carbocycles. The monoisotopic (exact) mass is 449 g/mol. The van der Waals surface area contributed by atoms with Gasteiger partial charge in [0.15, 0.2) is 5.17 Å². The zero-order chi connectivity index (χ0) is 22.3. The number of nitrogens with one attached hydrogen (secondary N) is 1. The lowest BCUT2D eigenvalue weighted by Gasteiger charge is -2.14. The summed E-state index contributed by atoms with van der Waals surface area (Å²) in [5, 5.41) is 4.04. The van der Waals surface area contributed by atoms with Crippen molar-refractivity contribution in [2.75, 3.05) is 0 Å². The summed E-state index contributed by atoms with van der Waals surface area (Å²) in [5.41, 5.74) is 8.69. The molecule has 0 aliphatic carbocycles. The third kappa shape index (κ3) is 4.21. The third-order valence-electron chi connectivity index (χ3n) is 5.62. The molecular weight excluding hydrogens is 426 g/mol. The molecule has 1 N–H and O–H groups in total. The average Bonchev–Trinajstić information content (AvgIpc) is 3.19. The van der Waals surface area contributed by atoms with E-state index in [0.717, 1.165) is 28.2 Å². The fourth-order valence-electron chi connectivity index (χ4n) is 3.72. The number of halogens is 1. The molecule has 6 heteroatoms. The van der Waals surface area contributed by atoms with Crippen molar-refractivity contribution in [2.45, 2.75) is 34.6 Å². The number of hydrogen-bond donors (Lipinski definition) is 1. The second kappa shape index (κ2) is 8.40. The molecule has 4 nitrogen and oxygen atoms in total. The first-order valence-corrected chi connectivity index (χ1v) is 11.3. The van der Waals surface area contributed by atoms with Gasteiger partial charge in [-0.25, -0.2) is 4.99 Å². The van der Waals surface area contributed by atoms with E-state index in [9.17, 15) is 4.79 Å². The number of aryl methyl sites for hydroxylation is 3. The van der Waals surface area contributed by atoms with Crippen LogP contribution in [0.2, 0.25) is 5.02 Å². The van der Waals surface area contributed by atoms with E-state index in [1.54, 1.807) is 6.07 Å². The summed E-state index contributed by atoms with van der Waals surface area (Å²) < 4.78 is 2.25. The number of nitrogens with zero attached hydrogens (tertiary/aromatic N) is 2. The fourth-order valence-corrected chi connectivity index (χ4v) is 4.71. The van der Waals surface area contributed by atoms with E-state index < -0.39 is 0 Å². The quantitative estimate of drug-likeness (QED) is 0.460. The molecule has 1 aliphatic rings. The molecule has 2 aromatic carbocycles. The smallest absolute Gasteiger partial charge is 0.264 e. The van der Waals surface area contributed by atoms with Gasteiger partial charge < -0.3 is 9.88 Å². The van der Waals surface area contributed by atoms with Crippen molar-refractivity contribution in [1.82, 2.24) is 9.88 Å². The third-order valence-corrected chi connectivity index (χ3v) is 6.76. The molecule has 1 amide bonds. The molecule has 0 spiro atoms. The van der Waals surface area contributed by atoms with Crippen LogP contribution in [0.3, 0.4) is 0 Å². The summed E-state index contributed by atoms with van der Waals surface area (Å²) in [6.07, 6.45) is 1.94. The van der Waals surface area contributed by atoms with Crippen molar-refractivity contribution in [1.29, 1.82) is 0 Å². The molecule has 0 bridgehead atoms. The highest BCUT2D eigenvalue weighted by atomic mass is 35.5. The Morgan fingerprint density at radius 2 is 1.81 bits per heavy atom. The molecular formula is C25H24ClN3OS. The Morgan fingerprint density at radius 1 is 1.03 bits per heavy atom. The van der Waals surface area contributed by atoms with Crippen molar-refractivity contribution in [3.63, 3.8) is 0 Å². The Hall–Kier alpha value is -2.76. The summed E-state index contributed by atoms with van der Waals surface area (Å²) in [5.74, 6) is -0.139. The molecule has 1 aromatic heterocycles. The van der Waals surface area contributed by atoms with Crippen LogP contribution < -0.4 is 5.32 Å². The van der Waals surface area contributed by atoms with Gasteiger partial charge >= 0.3 is 0 Å². The highest BCUT2D eigenvalue weighted by Gasteiger charge is 2.25. The molecule has 0 unspecified atom stereocenters. The zero-order valence-corrected chi connectivity index (χ0v) is 19.8. The van der Waals surface area contributed by atoms with Gasteiger partial charge in [-0.05, 0) is 99.0 Å². The predicted molar refractivity (Wildman–Crippen MR) is 132 cm³/mol. The van der Waals surface area contributed by atoms with Gasteiger partial charge in [-0.15, -0.1) is 0 Å². The fraction of sp³-hybridized carbons (Fsp3) is 0.200. The summed E-state index contributed by atoms with van der Waals surface area (Å²) in [7, 11) is 0. The highest BCUT2D eigenvalue weighted by Crippen LogP contribution is 2.32. The number of rotatable bonds is 3. The number of benzene rings is 2. The van der Waals surface area contributed by atoms with Gasteiger partial charge in [-0.1, -0.05) is 29.8 Å². The van der Waals surface area contributed by atoms with Gasteiger partial charge in [-0.2, -0.15) is 0 Å². The molecule has 31 heavy (non-hydrogen) atoms. The number of aromatic nitrogens is 1. The molecule has 3 aromatic rings. The molecule has 1 saturated heterocycles. The number of amides is 1. The first kappa shape index (κ1) is 21.5. The standard InChI is InChI=1S/C25H24ClN3OS/c1-14-7-6-8-22(17(14)4)29-16(3)11-19(18(29)5)12-23-24(30)28-25(31-23)27-21-13-20(26)10-9-15(21)2/h6-13H,1-5H3,(H,27,28,30)/b23-12-. The average molecular weight is 450 g/mol. The van der Waals surface area contributed by atoms with E-state index in [4.69, 9.17) is 11.6 Å². The first-order chi connectivity index (χ1) is 14.7. The first-order valence-electron chi connectivity index (χ1n) is 10.1. The number of aliphatic imine (C=N–C) groups is 1. The Morgan fingerprint density at radius 3 is 2.58 bits per heavy atom. The number of amidine groups is 1. The molecule has 4 rings (SSSR count). The van der Waals surface area contributed by atoms with E-state index in [2.05, 4.69) is 66.8 Å². The van der Waals surface area contributed by atoms with Gasteiger partial charge in [0.05, 0.1) is 10.6 Å². The van der Waals surface area contributed by atoms with Crippen molar-refractivity contribution in [2.24, 2.45) is 4.99 Å². The van der Waals surface area contributed by atoms with E-state index in [-0.39, 0.29) is 5.91 Å². The highest BCUT2D eigenvalue weighted by molar-refractivity contribution is 8.18. The van der Waals surface area contributed by atoms with Crippen LogP contribution in [0, 0.1) is 34.6 Å². The van der Waals surface area contributed by atoms with Crippen LogP contribution in [-0.2, 0) is 4.79 Å². The Kier molecular flexibility index (Phi) is 5.82. The molecule has 158 valence electrons. The van der Waals surface area contributed by atoms with Crippen LogP contribution in [0.5, 0.6) is 0 Å². The maximum atomic E-state index is 12.6. The molecule has 0 radical (unpaired) electrons. The summed E-state index contributed by atoms with van der Waals surface area (Å²) >= 11 is 7.44. The molecule has 2 heterocycles. The zero-order valence-electron chi connectivity index (χ0n) is 18.2. The minimum Gasteiger partial charge on any atom is -0.318 e. The van der Waals surface area contributed by atoms with E-state index in [1.165, 1.54) is 28.6 Å². The molecule has 1 aliphatic heterocycles. The Balaban J connectivity index is 1.68. The lowest BCUT2D eigenvalue weighted by Crippen LogP contribution is -2.19. The number of carbonyl (C=O) groups excluding carboxylic acids is 1. The number of thioether (sulfide) groups is 1. The molecule has 0 atom stereocenters. The van der Waals surface area contributed by atoms with Gasteiger partial charge in [0.25, 0.3) is 5.91 Å². The maximum Gasteiger partial charge on any atom is 0.264 e. The van der Waals surface area contributed by atoms with Gasteiger partial charge in [-0.3, -0.25) is 4.79 Å². The van der Waals surface area contributed by atoms with Crippen LogP contribution in [0.4, 0.5) is 5.69 Å². The predicted octanol–water partition coefficient (Wildman–Crippen LogP) is 6.56. The van der Waals surface area contributed by atoms with E-state index >= 15 is 0 Å². The van der Waals surface area contributed by atoms with Gasteiger partial charge in [0.1, 0.15) is 0 Å². The van der Waals surface area contributed by atoms with Crippen molar-refractivity contribution >= 4 is 46.2 Å². The summed E-state index contributed by atoms with van der Waals surface area (Å²) in [6, 6.07) is 14.0. The molecule has 1 fully saturated rings. The Bertz CT molecular complexity index is 1270. The van der Waals surface area contributed by atoms with E-state index in [0.29, 0.717) is 15.1 Å². The van der Waals surface area contributed by atoms with E-state index in [1.807, 2.05) is 25.1 Å². The summed E-state index contributed by atoms with van der Waals surface area (Å²) in [6.45, 7) is 10.4. The normalized spacial score (nSPS) is 16.4.